The Labute approximate surface area is 189 Å². The zero-order chi connectivity index (χ0) is 23.0. The van der Waals surface area contributed by atoms with E-state index in [1.807, 2.05) is 36.4 Å². The SMILES string of the molecule is O=C=Nc1ccc(-c2cc(-c3ccc(N=C=O)cc3)cc(-c3ccc(N=C=O)cc3)c2)cc1. The maximum absolute atomic E-state index is 10.5. The van der Waals surface area contributed by atoms with Gasteiger partial charge in [-0.3, -0.25) is 0 Å². The molecule has 4 aromatic carbocycles. The molecule has 0 fully saturated rings. The van der Waals surface area contributed by atoms with E-state index >= 15 is 0 Å². The van der Waals surface area contributed by atoms with Crippen LogP contribution in [-0.4, -0.2) is 18.2 Å². The third-order valence-corrected chi connectivity index (χ3v) is 5.06. The summed E-state index contributed by atoms with van der Waals surface area (Å²) in [7, 11) is 0. The van der Waals surface area contributed by atoms with Crippen LogP contribution in [-0.2, 0) is 14.4 Å². The summed E-state index contributed by atoms with van der Waals surface area (Å²) in [5.41, 5.74) is 7.34. The minimum Gasteiger partial charge on any atom is -0.211 e. The molecule has 0 N–H and O–H groups in total. The van der Waals surface area contributed by atoms with Crippen molar-refractivity contribution < 1.29 is 14.4 Å². The molecule has 6 heteroatoms. The van der Waals surface area contributed by atoms with E-state index in [2.05, 4.69) is 33.2 Å². The molecule has 0 aromatic heterocycles. The molecule has 0 bridgehead atoms. The van der Waals surface area contributed by atoms with Crippen molar-refractivity contribution in [1.82, 2.24) is 0 Å². The van der Waals surface area contributed by atoms with Gasteiger partial charge in [-0.25, -0.2) is 14.4 Å². The summed E-state index contributed by atoms with van der Waals surface area (Å²) in [6, 6.07) is 28.1. The topological polar surface area (TPSA) is 88.3 Å². The number of carbonyl (C=O) groups excluding carboxylic acids is 3. The van der Waals surface area contributed by atoms with E-state index in [-0.39, 0.29) is 0 Å². The highest BCUT2D eigenvalue weighted by atomic mass is 16.1. The van der Waals surface area contributed by atoms with Gasteiger partial charge in [0.25, 0.3) is 0 Å². The van der Waals surface area contributed by atoms with Gasteiger partial charge >= 0.3 is 0 Å². The van der Waals surface area contributed by atoms with Crippen molar-refractivity contribution in [3.8, 4) is 33.4 Å². The van der Waals surface area contributed by atoms with Crippen LogP contribution in [0.5, 0.6) is 0 Å². The van der Waals surface area contributed by atoms with E-state index in [0.717, 1.165) is 33.4 Å². The predicted molar refractivity (Wildman–Crippen MR) is 126 cm³/mol. The first-order valence-electron chi connectivity index (χ1n) is 9.90. The monoisotopic (exact) mass is 429 g/mol. The Morgan fingerprint density at radius 3 is 0.818 bits per heavy atom. The first kappa shape index (κ1) is 21.3. The van der Waals surface area contributed by atoms with Crippen LogP contribution in [0, 0.1) is 0 Å². The van der Waals surface area contributed by atoms with Gasteiger partial charge in [0.2, 0.25) is 18.2 Å². The first-order valence-corrected chi connectivity index (χ1v) is 9.90. The van der Waals surface area contributed by atoms with Crippen molar-refractivity contribution in [2.24, 2.45) is 15.0 Å². The Hall–Kier alpha value is -4.98. The van der Waals surface area contributed by atoms with E-state index < -0.39 is 0 Å². The van der Waals surface area contributed by atoms with Crippen molar-refractivity contribution in [2.45, 2.75) is 0 Å². The molecule has 0 spiro atoms. The molecule has 0 heterocycles. The molecular weight excluding hydrogens is 414 g/mol. The molecular formula is C27H15N3O3. The van der Waals surface area contributed by atoms with Crippen LogP contribution in [0.2, 0.25) is 0 Å². The number of isocyanates is 3. The lowest BCUT2D eigenvalue weighted by Crippen LogP contribution is -1.86. The Morgan fingerprint density at radius 2 is 0.606 bits per heavy atom. The number of benzene rings is 4. The third-order valence-electron chi connectivity index (χ3n) is 5.06. The summed E-state index contributed by atoms with van der Waals surface area (Å²) >= 11 is 0. The number of nitrogens with zero attached hydrogens (tertiary/aromatic N) is 3. The van der Waals surface area contributed by atoms with Crippen molar-refractivity contribution in [3.63, 3.8) is 0 Å². The van der Waals surface area contributed by atoms with Crippen LogP contribution in [0.25, 0.3) is 33.4 Å². The lowest BCUT2D eigenvalue weighted by molar-refractivity contribution is 0.564. The second kappa shape index (κ2) is 9.88. The average molecular weight is 429 g/mol. The zero-order valence-corrected chi connectivity index (χ0v) is 17.2. The molecule has 4 aromatic rings. The second-order valence-electron chi connectivity index (χ2n) is 7.05. The van der Waals surface area contributed by atoms with Gasteiger partial charge in [0, 0.05) is 0 Å². The normalized spacial score (nSPS) is 9.82. The number of hydrogen-bond donors (Lipinski definition) is 0. The fourth-order valence-corrected chi connectivity index (χ4v) is 3.47. The first-order chi connectivity index (χ1) is 16.2. The molecule has 0 amide bonds. The summed E-state index contributed by atoms with van der Waals surface area (Å²) in [6.07, 6.45) is 4.63. The highest BCUT2D eigenvalue weighted by Gasteiger charge is 2.08. The highest BCUT2D eigenvalue weighted by molar-refractivity contribution is 5.82. The molecule has 0 unspecified atom stereocenters. The molecule has 0 aliphatic carbocycles. The van der Waals surface area contributed by atoms with Gasteiger partial charge in [-0.1, -0.05) is 36.4 Å². The Kier molecular flexibility index (Phi) is 6.37. The Bertz CT molecular complexity index is 1250. The summed E-state index contributed by atoms with van der Waals surface area (Å²) < 4.78 is 0. The largest absolute Gasteiger partial charge is 0.240 e. The van der Waals surface area contributed by atoms with Gasteiger partial charge in [0.15, 0.2) is 0 Å². The number of aliphatic imine (C=N–C) groups is 3. The molecule has 0 radical (unpaired) electrons. The smallest absolute Gasteiger partial charge is 0.211 e. The van der Waals surface area contributed by atoms with Gasteiger partial charge in [0.1, 0.15) is 0 Å². The van der Waals surface area contributed by atoms with Gasteiger partial charge in [-0.2, -0.15) is 15.0 Å². The van der Waals surface area contributed by atoms with Crippen LogP contribution < -0.4 is 0 Å². The Balaban J connectivity index is 1.83. The summed E-state index contributed by atoms with van der Waals surface area (Å²) in [4.78, 5) is 42.5. The average Bonchev–Trinajstić information content (AvgIpc) is 2.86. The van der Waals surface area contributed by atoms with E-state index in [4.69, 9.17) is 0 Å². The van der Waals surface area contributed by atoms with E-state index in [0.29, 0.717) is 17.1 Å². The lowest BCUT2D eigenvalue weighted by atomic mass is 9.93. The fraction of sp³-hybridized carbons (Fsp3) is 0. The fourth-order valence-electron chi connectivity index (χ4n) is 3.47. The van der Waals surface area contributed by atoms with Crippen molar-refractivity contribution in [1.29, 1.82) is 0 Å². The molecule has 6 nitrogen and oxygen atoms in total. The standard InChI is InChI=1S/C27H15N3O3/c31-16-28-25-7-1-19(2-8-25)22-13-23(20-3-9-26(10-4-20)29-17-32)15-24(14-22)21-5-11-27(12-6-21)30-18-33/h1-15H. The van der Waals surface area contributed by atoms with Crippen molar-refractivity contribution in [2.75, 3.05) is 0 Å². The third kappa shape index (κ3) is 5.02. The van der Waals surface area contributed by atoms with Crippen LogP contribution >= 0.6 is 0 Å². The van der Waals surface area contributed by atoms with Crippen LogP contribution in [0.4, 0.5) is 17.1 Å². The van der Waals surface area contributed by atoms with Gasteiger partial charge < -0.3 is 0 Å². The number of rotatable bonds is 6. The summed E-state index contributed by atoms with van der Waals surface area (Å²) in [5.74, 6) is 0. The van der Waals surface area contributed by atoms with Crippen LogP contribution in [0.1, 0.15) is 0 Å². The lowest BCUT2D eigenvalue weighted by Gasteiger charge is -2.12. The maximum Gasteiger partial charge on any atom is 0.240 e. The summed E-state index contributed by atoms with van der Waals surface area (Å²) in [5, 5.41) is 0. The molecule has 0 saturated carbocycles. The van der Waals surface area contributed by atoms with Gasteiger partial charge in [-0.05, 0) is 88.0 Å². The molecule has 0 saturated heterocycles. The summed E-state index contributed by atoms with van der Waals surface area (Å²) in [6.45, 7) is 0. The van der Waals surface area contributed by atoms with E-state index in [9.17, 15) is 14.4 Å². The minimum absolute atomic E-state index is 0.530. The van der Waals surface area contributed by atoms with Gasteiger partial charge in [0.05, 0.1) is 17.1 Å². The quantitative estimate of drug-likeness (QED) is 0.256. The molecule has 0 aliphatic rings. The zero-order valence-electron chi connectivity index (χ0n) is 17.2. The predicted octanol–water partition coefficient (Wildman–Crippen LogP) is 6.59. The molecule has 0 atom stereocenters. The molecule has 156 valence electrons. The van der Waals surface area contributed by atoms with Crippen LogP contribution in [0.15, 0.2) is 106 Å². The minimum atomic E-state index is 0.530. The van der Waals surface area contributed by atoms with E-state index in [1.165, 1.54) is 0 Å². The Morgan fingerprint density at radius 1 is 0.364 bits per heavy atom. The molecule has 4 rings (SSSR count). The maximum atomic E-state index is 10.5. The van der Waals surface area contributed by atoms with Crippen molar-refractivity contribution in [3.05, 3.63) is 91.0 Å². The van der Waals surface area contributed by atoms with Crippen LogP contribution in [0.3, 0.4) is 0 Å². The molecule has 33 heavy (non-hydrogen) atoms. The highest BCUT2D eigenvalue weighted by Crippen LogP contribution is 2.34. The second-order valence-corrected chi connectivity index (χ2v) is 7.05. The number of hydrogen-bond acceptors (Lipinski definition) is 6. The molecule has 0 aliphatic heterocycles. The van der Waals surface area contributed by atoms with Crippen molar-refractivity contribution >= 4 is 35.3 Å². The van der Waals surface area contributed by atoms with Gasteiger partial charge in [-0.15, -0.1) is 0 Å². The van der Waals surface area contributed by atoms with E-state index in [1.54, 1.807) is 54.6 Å².